The van der Waals surface area contributed by atoms with Gasteiger partial charge in [0.25, 0.3) is 0 Å². The third-order valence-electron chi connectivity index (χ3n) is 2.67. The van der Waals surface area contributed by atoms with Crippen molar-refractivity contribution in [1.29, 1.82) is 0 Å². The minimum atomic E-state index is -4.74. The average molecular weight is 325 g/mol. The Morgan fingerprint density at radius 3 is 2.67 bits per heavy atom. The van der Waals surface area contributed by atoms with Gasteiger partial charge in [0.05, 0.1) is 5.57 Å². The first-order valence-electron chi connectivity index (χ1n) is 5.03. The predicted octanol–water partition coefficient (Wildman–Crippen LogP) is 3.14. The number of hydrogen-bond acceptors (Lipinski definition) is 2. The molecule has 0 amide bonds. The van der Waals surface area contributed by atoms with Crippen molar-refractivity contribution in [2.45, 2.75) is 18.7 Å². The minimum Gasteiger partial charge on any atom is -0.480 e. The molecule has 0 radical (unpaired) electrons. The lowest BCUT2D eigenvalue weighted by atomic mass is 9.91. The van der Waals surface area contributed by atoms with E-state index in [9.17, 15) is 18.0 Å². The minimum absolute atomic E-state index is 0.144. The van der Waals surface area contributed by atoms with Gasteiger partial charge in [-0.3, -0.25) is 0 Å². The molecule has 2 aliphatic rings. The van der Waals surface area contributed by atoms with Gasteiger partial charge in [-0.2, -0.15) is 13.2 Å². The number of carbonyl (C=O) groups is 1. The van der Waals surface area contributed by atoms with Crippen molar-refractivity contribution in [2.24, 2.45) is 5.92 Å². The zero-order valence-electron chi connectivity index (χ0n) is 8.87. The van der Waals surface area contributed by atoms with E-state index in [0.717, 1.165) is 10.6 Å². The van der Waals surface area contributed by atoms with Crippen LogP contribution >= 0.6 is 15.9 Å². The molecule has 1 N–H and O–H groups in total. The van der Waals surface area contributed by atoms with E-state index in [1.54, 1.807) is 6.08 Å². The van der Waals surface area contributed by atoms with E-state index in [-0.39, 0.29) is 5.76 Å². The van der Waals surface area contributed by atoms with Gasteiger partial charge in [0, 0.05) is 5.92 Å². The predicted molar refractivity (Wildman–Crippen MR) is 59.8 cm³/mol. The number of alkyl halides is 3. The molecule has 2 unspecified atom stereocenters. The maximum Gasteiger partial charge on any atom is 0.429 e. The molecular formula is C11H8BrF3O3. The molecule has 0 bridgehead atoms. The Kier molecular flexibility index (Phi) is 3.27. The van der Waals surface area contributed by atoms with Gasteiger partial charge in [0.15, 0.2) is 0 Å². The summed E-state index contributed by atoms with van der Waals surface area (Å²) in [6.45, 7) is 0. The fourth-order valence-corrected chi connectivity index (χ4v) is 2.35. The van der Waals surface area contributed by atoms with Gasteiger partial charge in [-0.15, -0.1) is 0 Å². The van der Waals surface area contributed by atoms with Gasteiger partial charge in [-0.1, -0.05) is 22.0 Å². The molecule has 3 nitrogen and oxygen atoms in total. The summed E-state index contributed by atoms with van der Waals surface area (Å²) in [5.41, 5.74) is -0.758. The number of fused-ring (bicyclic) bond motifs is 1. The molecule has 0 saturated heterocycles. The van der Waals surface area contributed by atoms with Gasteiger partial charge >= 0.3 is 12.1 Å². The molecule has 0 fully saturated rings. The summed E-state index contributed by atoms with van der Waals surface area (Å²) in [5, 5.41) is 8.83. The van der Waals surface area contributed by atoms with E-state index in [4.69, 9.17) is 9.84 Å². The molecule has 98 valence electrons. The van der Waals surface area contributed by atoms with Crippen LogP contribution in [0.15, 0.2) is 34.0 Å². The SMILES string of the molecule is O=C(O)C1=CC2CC(Br)=CC=C2OC1C(F)(F)F. The van der Waals surface area contributed by atoms with Gasteiger partial charge in [0.1, 0.15) is 5.76 Å². The molecular weight excluding hydrogens is 317 g/mol. The molecule has 0 aromatic carbocycles. The lowest BCUT2D eigenvalue weighted by molar-refractivity contribution is -0.203. The standard InChI is InChI=1S/C11H8BrF3O3/c12-6-1-2-8-5(3-6)4-7(10(16)17)9(18-8)11(13,14)15/h1-2,4-5,9H,3H2,(H,16,17). The Labute approximate surface area is 109 Å². The van der Waals surface area contributed by atoms with Crippen LogP contribution in [0.3, 0.4) is 0 Å². The summed E-state index contributed by atoms with van der Waals surface area (Å²) >= 11 is 3.22. The van der Waals surface area contributed by atoms with Crippen LogP contribution in [0.25, 0.3) is 0 Å². The topological polar surface area (TPSA) is 46.5 Å². The van der Waals surface area contributed by atoms with Crippen molar-refractivity contribution in [3.05, 3.63) is 34.0 Å². The van der Waals surface area contributed by atoms with Crippen LogP contribution in [0.1, 0.15) is 6.42 Å². The molecule has 0 saturated carbocycles. The van der Waals surface area contributed by atoms with Crippen molar-refractivity contribution in [2.75, 3.05) is 0 Å². The summed E-state index contributed by atoms with van der Waals surface area (Å²) in [6, 6.07) is 0. The van der Waals surface area contributed by atoms with Crippen molar-refractivity contribution in [3.8, 4) is 0 Å². The largest absolute Gasteiger partial charge is 0.480 e. The summed E-state index contributed by atoms with van der Waals surface area (Å²) in [4.78, 5) is 10.9. The maximum atomic E-state index is 12.7. The highest BCUT2D eigenvalue weighted by Gasteiger charge is 2.49. The van der Waals surface area contributed by atoms with E-state index in [1.807, 2.05) is 0 Å². The Morgan fingerprint density at radius 2 is 2.11 bits per heavy atom. The van der Waals surface area contributed by atoms with Crippen LogP contribution in [0, 0.1) is 5.92 Å². The first-order valence-corrected chi connectivity index (χ1v) is 5.83. The number of carboxylic acid groups (broad SMARTS) is 1. The first kappa shape index (κ1) is 13.2. The normalized spacial score (nSPS) is 27.4. The van der Waals surface area contributed by atoms with E-state index in [1.165, 1.54) is 6.08 Å². The highest BCUT2D eigenvalue weighted by Crippen LogP contribution is 2.40. The molecule has 1 aliphatic heterocycles. The fourth-order valence-electron chi connectivity index (χ4n) is 1.87. The van der Waals surface area contributed by atoms with Gasteiger partial charge in [-0.25, -0.2) is 4.79 Å². The van der Waals surface area contributed by atoms with E-state index in [2.05, 4.69) is 15.9 Å². The van der Waals surface area contributed by atoms with Crippen LogP contribution in [0.5, 0.6) is 0 Å². The second kappa shape index (κ2) is 4.46. The third kappa shape index (κ3) is 2.45. The zero-order valence-corrected chi connectivity index (χ0v) is 10.5. The van der Waals surface area contributed by atoms with Crippen molar-refractivity contribution < 1.29 is 27.8 Å². The van der Waals surface area contributed by atoms with Gasteiger partial charge in [0.2, 0.25) is 6.10 Å². The maximum absolute atomic E-state index is 12.7. The number of aliphatic carboxylic acids is 1. The number of rotatable bonds is 1. The zero-order chi connectivity index (χ0) is 13.5. The molecule has 1 aliphatic carbocycles. The van der Waals surface area contributed by atoms with Crippen molar-refractivity contribution in [1.82, 2.24) is 0 Å². The summed E-state index contributed by atoms with van der Waals surface area (Å²) < 4.78 is 43.7. The second-order valence-electron chi connectivity index (χ2n) is 3.96. The van der Waals surface area contributed by atoms with E-state index >= 15 is 0 Å². The Bertz CT molecular complexity index is 476. The van der Waals surface area contributed by atoms with Crippen molar-refractivity contribution >= 4 is 21.9 Å². The summed E-state index contributed by atoms with van der Waals surface area (Å²) in [6.07, 6.45) is -2.61. The molecule has 0 spiro atoms. The fraction of sp³-hybridized carbons (Fsp3) is 0.364. The van der Waals surface area contributed by atoms with Crippen LogP contribution in [0.4, 0.5) is 13.2 Å². The van der Waals surface area contributed by atoms with Crippen molar-refractivity contribution in [3.63, 3.8) is 0 Å². The third-order valence-corrected chi connectivity index (χ3v) is 3.26. The Morgan fingerprint density at radius 1 is 1.44 bits per heavy atom. The Hall–Kier alpha value is -1.24. The molecule has 7 heteroatoms. The summed E-state index contributed by atoms with van der Waals surface area (Å²) in [5.74, 6) is -1.93. The number of ether oxygens (including phenoxy) is 1. The van der Waals surface area contributed by atoms with Crippen LogP contribution in [-0.2, 0) is 9.53 Å². The molecule has 18 heavy (non-hydrogen) atoms. The van der Waals surface area contributed by atoms with E-state index in [0.29, 0.717) is 6.42 Å². The van der Waals surface area contributed by atoms with E-state index < -0.39 is 29.7 Å². The number of hydrogen-bond donors (Lipinski definition) is 1. The molecule has 2 atom stereocenters. The quantitative estimate of drug-likeness (QED) is 0.806. The first-order chi connectivity index (χ1) is 8.29. The van der Waals surface area contributed by atoms with Gasteiger partial charge < -0.3 is 9.84 Å². The highest BCUT2D eigenvalue weighted by molar-refractivity contribution is 9.11. The summed E-state index contributed by atoms with van der Waals surface area (Å²) in [7, 11) is 0. The molecule has 1 heterocycles. The lowest BCUT2D eigenvalue weighted by Crippen LogP contribution is -2.40. The van der Waals surface area contributed by atoms with Crippen LogP contribution in [-0.4, -0.2) is 23.4 Å². The number of carboxylic acids is 1. The average Bonchev–Trinajstić information content (AvgIpc) is 2.25. The highest BCUT2D eigenvalue weighted by atomic mass is 79.9. The molecule has 0 aromatic heterocycles. The number of halogens is 4. The smallest absolute Gasteiger partial charge is 0.429 e. The van der Waals surface area contributed by atoms with Crippen LogP contribution in [0.2, 0.25) is 0 Å². The van der Waals surface area contributed by atoms with Gasteiger partial charge in [-0.05, 0) is 23.1 Å². The Balaban J connectivity index is 2.41. The number of allylic oxidation sites excluding steroid dienone is 4. The van der Waals surface area contributed by atoms with Crippen LogP contribution < -0.4 is 0 Å². The second-order valence-corrected chi connectivity index (χ2v) is 4.98. The molecule has 0 aromatic rings. The molecule has 2 rings (SSSR count). The lowest BCUT2D eigenvalue weighted by Gasteiger charge is -2.32. The monoisotopic (exact) mass is 324 g/mol.